The average Bonchev–Trinajstić information content (AvgIpc) is 2.16. The van der Waals surface area contributed by atoms with Crippen molar-refractivity contribution in [1.29, 1.82) is 0 Å². The minimum atomic E-state index is -1.39. The number of carbonyl (C=O) groups excluding carboxylic acids is 2. The number of esters is 1. The van der Waals surface area contributed by atoms with Gasteiger partial charge in [0, 0.05) is 62.3 Å². The normalized spacial score (nSPS) is 13.8. The van der Waals surface area contributed by atoms with Crippen LogP contribution in [-0.2, 0) is 46.2 Å². The van der Waals surface area contributed by atoms with E-state index in [2.05, 4.69) is 46.4 Å². The molecule has 0 fully saturated rings. The molecule has 0 unspecified atom stereocenters. The molecule has 8 aromatic carbocycles. The molecular formula is C72H65N3O13-2. The van der Waals surface area contributed by atoms with Gasteiger partial charge in [0.1, 0.15) is 30.1 Å². The van der Waals surface area contributed by atoms with Crippen LogP contribution in [0.2, 0.25) is 0 Å². The number of carbonyl (C=O) groups is 4. The molecule has 448 valence electrons. The smallest absolute Gasteiger partial charge is 0.419 e. The predicted molar refractivity (Wildman–Crippen MR) is 331 cm³/mol. The Morgan fingerprint density at radius 1 is 0.500 bits per heavy atom. The summed E-state index contributed by atoms with van der Waals surface area (Å²) in [6.45, 7) is 7.32. The number of ether oxygens (including phenoxy) is 5. The number of aromatic nitrogens is 1. The molecule has 0 saturated carbocycles. The number of hydrogen-bond acceptors (Lipinski definition) is 13. The maximum Gasteiger partial charge on any atom is 0.419 e. The summed E-state index contributed by atoms with van der Waals surface area (Å²) < 4.78 is 28.1. The number of carboxylic acid groups (broad SMARTS) is 2. The summed E-state index contributed by atoms with van der Waals surface area (Å²) in [7, 11) is 1.56. The van der Waals surface area contributed by atoms with Crippen molar-refractivity contribution in [3.63, 3.8) is 0 Å². The molecule has 0 saturated heterocycles. The van der Waals surface area contributed by atoms with Crippen LogP contribution in [-0.4, -0.2) is 95.6 Å². The fourth-order valence-corrected chi connectivity index (χ4v) is 11.6. The first-order valence-electron chi connectivity index (χ1n) is 28.8. The molecule has 12 rings (SSSR count). The zero-order valence-corrected chi connectivity index (χ0v) is 49.2. The Morgan fingerprint density at radius 2 is 0.852 bits per heavy atom. The van der Waals surface area contributed by atoms with Gasteiger partial charge in [-0.2, -0.15) is 0 Å². The van der Waals surface area contributed by atoms with Crippen LogP contribution < -0.4 is 14.9 Å². The fraction of sp³-hybridized carbons (Fsp3) is 0.222. The SMILES string of the molecule is CC(=O)OCC1c2ccccc2-c2ccccc21.CC(C)(C)OC(=O)n1cc(C[C@H](N=C([O-])OCC2c3ccccc3-c3ccccc32)C(=O)O)c2ccccc21.COc1ccc(C[C@H](N=C([O-])OCC2c3ccccc3-c3ccccc32)C(=O)O)cc1. The summed E-state index contributed by atoms with van der Waals surface area (Å²) in [6, 6.07) is 60.1. The number of rotatable bonds is 15. The van der Waals surface area contributed by atoms with E-state index in [-0.39, 0.29) is 49.8 Å². The molecule has 0 radical (unpaired) electrons. The van der Waals surface area contributed by atoms with Crippen molar-refractivity contribution in [3.8, 4) is 39.1 Å². The van der Waals surface area contributed by atoms with E-state index in [1.54, 1.807) is 82.6 Å². The Bertz CT molecular complexity index is 3950. The Labute approximate surface area is 509 Å². The van der Waals surface area contributed by atoms with Gasteiger partial charge in [-0.15, -0.1) is 0 Å². The molecule has 9 aromatic rings. The zero-order chi connectivity index (χ0) is 62.1. The third-order valence-electron chi connectivity index (χ3n) is 15.6. The summed E-state index contributed by atoms with van der Waals surface area (Å²) in [6.07, 6.45) is -0.866. The van der Waals surface area contributed by atoms with Crippen molar-refractivity contribution in [1.82, 2.24) is 4.57 Å². The lowest BCUT2D eigenvalue weighted by Gasteiger charge is -2.22. The predicted octanol–water partition coefficient (Wildman–Crippen LogP) is 11.6. The maximum absolute atomic E-state index is 12.8. The standard InChI is InChI=1S/C31H30N2O6.C25H23NO5.C16H14O2/c1-31(2,3)39-30(37)33-17-19(20-10-8-9-15-27(20)33)16-26(28(34)35)32-29(36)38-18-25-23-13-6-4-11-21(23)22-12-5-7-14-24(22)25;1-30-17-12-10-16(11-13-17)14-23(24(27)28)26-25(29)31-15-22-20-8-4-2-6-18(20)19-7-3-5-9-21(19)22;1-11(17)18-10-16-14-8-4-2-6-12(14)13-7-3-5-9-15(13)16/h4-15,17,25-26H,16,18H2,1-3H3,(H,32,36)(H,34,35);2-13,22-23H,14-15H2,1H3,(H,26,29)(H,27,28);2-9,16H,10H2,1H3/p-2/t26-;23-;/m00./s1. The quantitative estimate of drug-likeness (QED) is 0.0553. The third kappa shape index (κ3) is 13.8. The van der Waals surface area contributed by atoms with Gasteiger partial charge in [0.25, 0.3) is 0 Å². The maximum atomic E-state index is 12.8. The Morgan fingerprint density at radius 3 is 1.22 bits per heavy atom. The number of para-hydroxylation sites is 1. The van der Waals surface area contributed by atoms with Crippen LogP contribution in [0.1, 0.15) is 90.0 Å². The van der Waals surface area contributed by atoms with Gasteiger partial charge in [0.05, 0.1) is 12.6 Å². The molecule has 0 amide bonds. The van der Waals surface area contributed by atoms with E-state index >= 15 is 0 Å². The molecular weight excluding hydrogens is 1110 g/mol. The lowest BCUT2D eigenvalue weighted by atomic mass is 9.98. The van der Waals surface area contributed by atoms with Gasteiger partial charge in [0.15, 0.2) is 12.1 Å². The lowest BCUT2D eigenvalue weighted by Crippen LogP contribution is -2.30. The molecule has 16 heteroatoms. The molecule has 3 aliphatic rings. The molecule has 2 atom stereocenters. The molecule has 88 heavy (non-hydrogen) atoms. The second kappa shape index (κ2) is 26.8. The molecule has 3 aliphatic carbocycles. The van der Waals surface area contributed by atoms with E-state index in [1.165, 1.54) is 33.7 Å². The largest absolute Gasteiger partial charge is 0.599 e. The monoisotopic (exact) mass is 1180 g/mol. The minimum absolute atomic E-state index is 0.0423. The van der Waals surface area contributed by atoms with Gasteiger partial charge in [-0.3, -0.25) is 19.3 Å². The van der Waals surface area contributed by atoms with Crippen molar-refractivity contribution in [2.45, 2.75) is 76.0 Å². The van der Waals surface area contributed by atoms with Gasteiger partial charge in [-0.05, 0) is 117 Å². The highest BCUT2D eigenvalue weighted by atomic mass is 16.6. The molecule has 1 aromatic heterocycles. The number of aliphatic imine (C=N–C) groups is 2. The number of nitrogens with zero attached hydrogens (tertiary/aromatic N) is 3. The van der Waals surface area contributed by atoms with E-state index < -0.39 is 47.9 Å². The van der Waals surface area contributed by atoms with Gasteiger partial charge < -0.3 is 44.1 Å². The minimum Gasteiger partial charge on any atom is -0.599 e. The molecule has 0 spiro atoms. The Kier molecular flexibility index (Phi) is 18.5. The van der Waals surface area contributed by atoms with Crippen molar-refractivity contribution >= 4 is 47.1 Å². The molecule has 16 nitrogen and oxygen atoms in total. The number of hydrogen-bond donors (Lipinski definition) is 2. The second-order valence-electron chi connectivity index (χ2n) is 22.4. The molecule has 1 heterocycles. The second-order valence-corrected chi connectivity index (χ2v) is 22.4. The van der Waals surface area contributed by atoms with Crippen LogP contribution in [0.25, 0.3) is 44.3 Å². The molecule has 0 aliphatic heterocycles. The summed E-state index contributed by atoms with van der Waals surface area (Å²) >= 11 is 0. The van der Waals surface area contributed by atoms with Gasteiger partial charge in [-0.1, -0.05) is 176 Å². The van der Waals surface area contributed by atoms with Gasteiger partial charge in [0.2, 0.25) is 0 Å². The number of aliphatic carboxylic acids is 2. The topological polar surface area (TPSA) is 231 Å². The van der Waals surface area contributed by atoms with Gasteiger partial charge in [-0.25, -0.2) is 14.4 Å². The van der Waals surface area contributed by atoms with Crippen molar-refractivity contribution < 1.29 is 63.3 Å². The summed E-state index contributed by atoms with van der Waals surface area (Å²) in [5.41, 5.74) is 14.9. The fourth-order valence-electron chi connectivity index (χ4n) is 11.6. The third-order valence-corrected chi connectivity index (χ3v) is 15.6. The van der Waals surface area contributed by atoms with E-state index in [0.29, 0.717) is 28.8 Å². The summed E-state index contributed by atoms with van der Waals surface area (Å²) in [5.74, 6) is -2.09. The van der Waals surface area contributed by atoms with E-state index in [9.17, 15) is 39.6 Å². The highest BCUT2D eigenvalue weighted by Gasteiger charge is 2.31. The van der Waals surface area contributed by atoms with Crippen molar-refractivity contribution in [3.05, 3.63) is 245 Å². The number of carboxylic acids is 2. The first-order chi connectivity index (χ1) is 42.5. The lowest BCUT2D eigenvalue weighted by molar-refractivity contribution is -0.252. The van der Waals surface area contributed by atoms with Crippen molar-refractivity contribution in [2.75, 3.05) is 26.9 Å². The Balaban J connectivity index is 0.000000155. The van der Waals surface area contributed by atoms with Crippen LogP contribution in [0.15, 0.2) is 210 Å². The van der Waals surface area contributed by atoms with Gasteiger partial charge >= 0.3 is 24.0 Å². The van der Waals surface area contributed by atoms with E-state index in [0.717, 1.165) is 50.1 Å². The van der Waals surface area contributed by atoms with Crippen LogP contribution >= 0.6 is 0 Å². The number of benzene rings is 8. The van der Waals surface area contributed by atoms with Crippen LogP contribution in [0.3, 0.4) is 0 Å². The summed E-state index contributed by atoms with van der Waals surface area (Å²) in [5, 5.41) is 45.1. The first kappa shape index (κ1) is 60.6. The number of methoxy groups -OCH3 is 1. The van der Waals surface area contributed by atoms with Crippen molar-refractivity contribution in [2.24, 2.45) is 9.98 Å². The van der Waals surface area contributed by atoms with Crippen LogP contribution in [0.5, 0.6) is 5.75 Å². The first-order valence-corrected chi connectivity index (χ1v) is 28.8. The highest BCUT2D eigenvalue weighted by Crippen LogP contribution is 2.47. The van der Waals surface area contributed by atoms with E-state index in [1.807, 2.05) is 109 Å². The summed E-state index contributed by atoms with van der Waals surface area (Å²) in [4.78, 5) is 55.2. The zero-order valence-electron chi connectivity index (χ0n) is 49.2. The Hall–Kier alpha value is -10.5. The van der Waals surface area contributed by atoms with Crippen LogP contribution in [0.4, 0.5) is 4.79 Å². The molecule has 2 N–H and O–H groups in total. The van der Waals surface area contributed by atoms with E-state index in [4.69, 9.17) is 23.7 Å². The highest BCUT2D eigenvalue weighted by molar-refractivity contribution is 5.93. The molecule has 0 bridgehead atoms. The average molecular weight is 1180 g/mol. The van der Waals surface area contributed by atoms with Crippen LogP contribution in [0, 0.1) is 0 Å². The number of fused-ring (bicyclic) bond motifs is 10.